The third-order valence-corrected chi connectivity index (χ3v) is 4.78. The van der Waals surface area contributed by atoms with E-state index in [9.17, 15) is 8.42 Å². The second-order valence-corrected chi connectivity index (χ2v) is 7.20. The van der Waals surface area contributed by atoms with Crippen molar-refractivity contribution in [1.29, 1.82) is 0 Å². The molecule has 2 heterocycles. The lowest BCUT2D eigenvalue weighted by molar-refractivity contribution is 0.171. The Morgan fingerprint density at radius 1 is 1.10 bits per heavy atom. The summed E-state index contributed by atoms with van der Waals surface area (Å²) in [5.41, 5.74) is 0. The Kier molecular flexibility index (Phi) is 3.89. The van der Waals surface area contributed by atoms with Gasteiger partial charge < -0.3 is 9.47 Å². The molecule has 2 aromatic rings. The highest BCUT2D eigenvalue weighted by Gasteiger charge is 2.19. The highest BCUT2D eigenvalue weighted by atomic mass is 127. The van der Waals surface area contributed by atoms with Crippen LogP contribution in [0.4, 0.5) is 5.82 Å². The van der Waals surface area contributed by atoms with Crippen LogP contribution in [0.1, 0.15) is 0 Å². The van der Waals surface area contributed by atoms with Gasteiger partial charge in [-0.25, -0.2) is 13.4 Å². The number of rotatable bonds is 3. The van der Waals surface area contributed by atoms with Gasteiger partial charge in [-0.3, -0.25) is 4.72 Å². The highest BCUT2D eigenvalue weighted by Crippen LogP contribution is 2.32. The third kappa shape index (κ3) is 3.21. The Morgan fingerprint density at radius 3 is 2.57 bits per heavy atom. The van der Waals surface area contributed by atoms with Crippen LogP contribution in [0.15, 0.2) is 41.4 Å². The number of aromatic nitrogens is 1. The van der Waals surface area contributed by atoms with E-state index in [0.29, 0.717) is 24.7 Å². The van der Waals surface area contributed by atoms with E-state index in [0.717, 1.165) is 3.57 Å². The van der Waals surface area contributed by atoms with Crippen molar-refractivity contribution in [2.24, 2.45) is 0 Å². The lowest BCUT2D eigenvalue weighted by atomic mass is 10.3. The molecule has 1 aliphatic rings. The fourth-order valence-corrected chi connectivity index (χ4v) is 3.17. The first-order chi connectivity index (χ1) is 10.0. The summed E-state index contributed by atoms with van der Waals surface area (Å²) in [7, 11) is -3.71. The maximum absolute atomic E-state index is 12.3. The van der Waals surface area contributed by atoms with Crippen LogP contribution in [0.5, 0.6) is 11.5 Å². The molecule has 3 rings (SSSR count). The molecule has 8 heteroatoms. The van der Waals surface area contributed by atoms with E-state index in [4.69, 9.17) is 9.47 Å². The van der Waals surface area contributed by atoms with E-state index in [2.05, 4.69) is 32.3 Å². The monoisotopic (exact) mass is 418 g/mol. The minimum atomic E-state index is -3.71. The quantitative estimate of drug-likeness (QED) is 0.774. The predicted molar refractivity (Wildman–Crippen MR) is 85.2 cm³/mol. The van der Waals surface area contributed by atoms with Crippen LogP contribution in [0.25, 0.3) is 0 Å². The fourth-order valence-electron chi connectivity index (χ4n) is 1.82. The average molecular weight is 418 g/mol. The lowest BCUT2D eigenvalue weighted by Crippen LogP contribution is -2.17. The summed E-state index contributed by atoms with van der Waals surface area (Å²) in [5.74, 6) is 1.25. The van der Waals surface area contributed by atoms with E-state index >= 15 is 0 Å². The molecule has 110 valence electrons. The summed E-state index contributed by atoms with van der Waals surface area (Å²) in [6, 6.07) is 7.89. The van der Waals surface area contributed by atoms with E-state index in [-0.39, 0.29) is 10.7 Å². The van der Waals surface area contributed by atoms with Crippen LogP contribution >= 0.6 is 22.6 Å². The smallest absolute Gasteiger partial charge is 0.263 e. The predicted octanol–water partition coefficient (Wildman–Crippen LogP) is 2.26. The molecular formula is C13H11IN2O4S. The van der Waals surface area contributed by atoms with Gasteiger partial charge in [0.15, 0.2) is 11.5 Å². The van der Waals surface area contributed by atoms with Gasteiger partial charge in [0.1, 0.15) is 19.0 Å². The standard InChI is InChI=1S/C13H11IN2O4S/c14-9-1-4-13(15-8-9)16-21(17,18)10-2-3-11-12(7-10)20-6-5-19-11/h1-4,7-8H,5-6H2,(H,15,16). The zero-order chi connectivity index (χ0) is 14.9. The maximum atomic E-state index is 12.3. The van der Waals surface area contributed by atoms with Gasteiger partial charge in [-0.05, 0) is 46.9 Å². The van der Waals surface area contributed by atoms with Crippen molar-refractivity contribution in [3.63, 3.8) is 0 Å². The molecule has 0 saturated carbocycles. The lowest BCUT2D eigenvalue weighted by Gasteiger charge is -2.18. The summed E-state index contributed by atoms with van der Waals surface area (Å²) in [6.07, 6.45) is 1.59. The molecule has 1 aromatic carbocycles. The van der Waals surface area contributed by atoms with E-state index in [1.54, 1.807) is 24.4 Å². The Bertz CT molecular complexity index is 762. The number of hydrogen-bond acceptors (Lipinski definition) is 5. The number of ether oxygens (including phenoxy) is 2. The van der Waals surface area contributed by atoms with Crippen LogP contribution in [-0.4, -0.2) is 26.6 Å². The molecule has 0 atom stereocenters. The Hall–Kier alpha value is -1.55. The molecular weight excluding hydrogens is 407 g/mol. The second-order valence-electron chi connectivity index (χ2n) is 4.27. The number of anilines is 1. The van der Waals surface area contributed by atoms with Crippen molar-refractivity contribution in [2.45, 2.75) is 4.90 Å². The van der Waals surface area contributed by atoms with Crippen molar-refractivity contribution in [3.8, 4) is 11.5 Å². The summed E-state index contributed by atoms with van der Waals surface area (Å²) in [5, 5.41) is 0. The zero-order valence-corrected chi connectivity index (χ0v) is 13.7. The minimum absolute atomic E-state index is 0.104. The van der Waals surface area contributed by atoms with Gasteiger partial charge in [0, 0.05) is 15.8 Å². The number of halogens is 1. The number of nitrogens with zero attached hydrogens (tertiary/aromatic N) is 1. The number of fused-ring (bicyclic) bond motifs is 1. The first-order valence-electron chi connectivity index (χ1n) is 6.09. The number of sulfonamides is 1. The number of benzene rings is 1. The van der Waals surface area contributed by atoms with Crippen LogP contribution in [0.2, 0.25) is 0 Å². The number of hydrogen-bond donors (Lipinski definition) is 1. The van der Waals surface area contributed by atoms with Gasteiger partial charge >= 0.3 is 0 Å². The number of pyridine rings is 1. The molecule has 0 saturated heterocycles. The molecule has 1 aliphatic heterocycles. The molecule has 21 heavy (non-hydrogen) atoms. The Morgan fingerprint density at radius 2 is 1.86 bits per heavy atom. The zero-order valence-electron chi connectivity index (χ0n) is 10.7. The average Bonchev–Trinajstić information content (AvgIpc) is 2.49. The molecule has 0 aliphatic carbocycles. The van der Waals surface area contributed by atoms with E-state index in [1.807, 2.05) is 0 Å². The molecule has 0 spiro atoms. The molecule has 0 amide bonds. The van der Waals surface area contributed by atoms with Gasteiger partial charge in [0.2, 0.25) is 0 Å². The van der Waals surface area contributed by atoms with Crippen LogP contribution in [0.3, 0.4) is 0 Å². The summed E-state index contributed by atoms with van der Waals surface area (Å²) in [6.45, 7) is 0.868. The summed E-state index contributed by atoms with van der Waals surface area (Å²) in [4.78, 5) is 4.13. The van der Waals surface area contributed by atoms with Crippen LogP contribution < -0.4 is 14.2 Å². The van der Waals surface area contributed by atoms with Crippen molar-refractivity contribution in [2.75, 3.05) is 17.9 Å². The van der Waals surface area contributed by atoms with Crippen LogP contribution in [0, 0.1) is 3.57 Å². The van der Waals surface area contributed by atoms with Gasteiger partial charge in [-0.2, -0.15) is 0 Å². The second kappa shape index (κ2) is 5.68. The number of nitrogens with one attached hydrogen (secondary N) is 1. The van der Waals surface area contributed by atoms with Gasteiger partial charge in [-0.1, -0.05) is 0 Å². The van der Waals surface area contributed by atoms with Gasteiger partial charge in [-0.15, -0.1) is 0 Å². The first-order valence-corrected chi connectivity index (χ1v) is 8.65. The van der Waals surface area contributed by atoms with Gasteiger partial charge in [0.05, 0.1) is 4.90 Å². The van der Waals surface area contributed by atoms with Crippen LogP contribution in [-0.2, 0) is 10.0 Å². The van der Waals surface area contributed by atoms with Crippen molar-refractivity contribution in [1.82, 2.24) is 4.98 Å². The van der Waals surface area contributed by atoms with E-state index in [1.165, 1.54) is 12.1 Å². The minimum Gasteiger partial charge on any atom is -0.486 e. The molecule has 6 nitrogen and oxygen atoms in total. The van der Waals surface area contributed by atoms with Crippen molar-refractivity contribution < 1.29 is 17.9 Å². The molecule has 1 aromatic heterocycles. The molecule has 0 bridgehead atoms. The fraction of sp³-hybridized carbons (Fsp3) is 0.154. The van der Waals surface area contributed by atoms with Crippen molar-refractivity contribution in [3.05, 3.63) is 40.1 Å². The molecule has 0 fully saturated rings. The van der Waals surface area contributed by atoms with E-state index < -0.39 is 10.0 Å². The molecule has 1 N–H and O–H groups in total. The SMILES string of the molecule is O=S(=O)(Nc1ccc(I)cn1)c1ccc2c(c1)OCCO2. The van der Waals surface area contributed by atoms with Crippen molar-refractivity contribution >= 4 is 38.4 Å². The molecule has 0 unspecified atom stereocenters. The Labute approximate surface area is 135 Å². The maximum Gasteiger partial charge on any atom is 0.263 e. The topological polar surface area (TPSA) is 77.5 Å². The third-order valence-electron chi connectivity index (χ3n) is 2.79. The summed E-state index contributed by atoms with van der Waals surface area (Å²) < 4.78 is 38.8. The molecule has 0 radical (unpaired) electrons. The van der Waals surface area contributed by atoms with Gasteiger partial charge in [0.25, 0.3) is 10.0 Å². The largest absolute Gasteiger partial charge is 0.486 e. The first kappa shape index (κ1) is 14.4. The summed E-state index contributed by atoms with van der Waals surface area (Å²) >= 11 is 2.10. The normalized spacial score (nSPS) is 13.8. The Balaban J connectivity index is 1.89. The highest BCUT2D eigenvalue weighted by molar-refractivity contribution is 14.1.